The van der Waals surface area contributed by atoms with Gasteiger partial charge in [-0.25, -0.2) is 0 Å². The third-order valence-electron chi connectivity index (χ3n) is 6.03. The van der Waals surface area contributed by atoms with E-state index in [1.165, 1.54) is 0 Å². The highest BCUT2D eigenvalue weighted by Gasteiger charge is 2.56. The first-order valence-corrected chi connectivity index (χ1v) is 8.78. The summed E-state index contributed by atoms with van der Waals surface area (Å²) in [5.41, 5.74) is 0.846. The van der Waals surface area contributed by atoms with Crippen molar-refractivity contribution in [1.29, 1.82) is 5.26 Å². The maximum absolute atomic E-state index is 12.6. The van der Waals surface area contributed by atoms with Crippen molar-refractivity contribution in [2.75, 3.05) is 19.6 Å². The molecule has 1 unspecified atom stereocenters. The Labute approximate surface area is 146 Å². The van der Waals surface area contributed by atoms with Gasteiger partial charge in [-0.1, -0.05) is 5.16 Å². The lowest BCUT2D eigenvalue weighted by atomic mass is 9.86. The predicted octanol–water partition coefficient (Wildman–Crippen LogP) is 1.55. The maximum atomic E-state index is 12.6. The molecule has 25 heavy (non-hydrogen) atoms. The summed E-state index contributed by atoms with van der Waals surface area (Å²) < 4.78 is 5.19. The average Bonchev–Trinajstić information content (AvgIpc) is 3.08. The van der Waals surface area contributed by atoms with E-state index in [-0.39, 0.29) is 17.2 Å². The van der Waals surface area contributed by atoms with Crippen molar-refractivity contribution in [1.82, 2.24) is 15.0 Å². The molecule has 1 aliphatic carbocycles. The number of aryl methyl sites for hydroxylation is 2. The number of nitrogens with zero attached hydrogens (tertiary/aromatic N) is 4. The third kappa shape index (κ3) is 2.51. The van der Waals surface area contributed by atoms with Crippen molar-refractivity contribution < 1.29 is 14.1 Å². The van der Waals surface area contributed by atoms with Gasteiger partial charge in [-0.15, -0.1) is 0 Å². The minimum Gasteiger partial charge on any atom is -0.361 e. The molecule has 3 aliphatic rings. The van der Waals surface area contributed by atoms with E-state index in [2.05, 4.69) is 11.2 Å². The van der Waals surface area contributed by atoms with Gasteiger partial charge >= 0.3 is 0 Å². The molecule has 4 rings (SSSR count). The van der Waals surface area contributed by atoms with Gasteiger partial charge in [0, 0.05) is 37.0 Å². The second-order valence-electron chi connectivity index (χ2n) is 7.90. The quantitative estimate of drug-likeness (QED) is 0.831. The lowest BCUT2D eigenvalue weighted by Crippen LogP contribution is -2.37. The normalized spacial score (nSPS) is 27.2. The number of likely N-dealkylation sites (tertiary alicyclic amines) is 2. The summed E-state index contributed by atoms with van der Waals surface area (Å²) in [5.74, 6) is 0.832. The fraction of sp³-hybridized carbons (Fsp3) is 0.667. The van der Waals surface area contributed by atoms with Crippen molar-refractivity contribution >= 4 is 11.8 Å². The Hall–Kier alpha value is -2.36. The van der Waals surface area contributed by atoms with Gasteiger partial charge in [-0.05, 0) is 33.1 Å². The van der Waals surface area contributed by atoms with E-state index in [4.69, 9.17) is 4.52 Å². The second kappa shape index (κ2) is 5.32. The lowest BCUT2D eigenvalue weighted by molar-refractivity contribution is -0.134. The molecule has 132 valence electrons. The minimum atomic E-state index is -0.773. The first-order valence-electron chi connectivity index (χ1n) is 8.78. The average molecular weight is 342 g/mol. The highest BCUT2D eigenvalue weighted by atomic mass is 16.5. The molecule has 1 atom stereocenters. The van der Waals surface area contributed by atoms with Gasteiger partial charge in [0.05, 0.1) is 18.3 Å². The third-order valence-corrected chi connectivity index (χ3v) is 6.03. The molecule has 0 bridgehead atoms. The summed E-state index contributed by atoms with van der Waals surface area (Å²) in [6, 6.07) is 2.18. The number of amides is 2. The highest BCUT2D eigenvalue weighted by molar-refractivity contribution is 5.89. The van der Waals surface area contributed by atoms with Crippen LogP contribution in [0.2, 0.25) is 0 Å². The predicted molar refractivity (Wildman–Crippen MR) is 86.9 cm³/mol. The molecule has 0 radical (unpaired) electrons. The highest BCUT2D eigenvalue weighted by Crippen LogP contribution is 2.49. The Morgan fingerprint density at radius 3 is 2.68 bits per heavy atom. The molecule has 1 saturated carbocycles. The van der Waals surface area contributed by atoms with E-state index < -0.39 is 5.41 Å². The maximum Gasteiger partial charge on any atom is 0.243 e. The van der Waals surface area contributed by atoms with Crippen LogP contribution in [-0.4, -0.2) is 46.4 Å². The smallest absolute Gasteiger partial charge is 0.243 e. The van der Waals surface area contributed by atoms with Crippen molar-refractivity contribution in [3.8, 4) is 6.07 Å². The van der Waals surface area contributed by atoms with E-state index in [1.807, 2.05) is 23.6 Å². The number of rotatable bonds is 3. The fourth-order valence-corrected chi connectivity index (χ4v) is 4.23. The molecular weight excluding hydrogens is 320 g/mol. The monoisotopic (exact) mass is 342 g/mol. The van der Waals surface area contributed by atoms with Crippen LogP contribution in [0.1, 0.15) is 42.7 Å². The molecule has 3 heterocycles. The molecule has 0 N–H and O–H groups in total. The van der Waals surface area contributed by atoms with Gasteiger partial charge in [0.15, 0.2) is 0 Å². The van der Waals surface area contributed by atoms with Crippen molar-refractivity contribution in [3.05, 3.63) is 17.0 Å². The van der Waals surface area contributed by atoms with Crippen LogP contribution in [0.5, 0.6) is 0 Å². The van der Waals surface area contributed by atoms with Crippen LogP contribution in [0.15, 0.2) is 4.52 Å². The Balaban J connectivity index is 1.45. The summed E-state index contributed by atoms with van der Waals surface area (Å²) in [7, 11) is 0. The second-order valence-corrected chi connectivity index (χ2v) is 7.90. The minimum absolute atomic E-state index is 0.0384. The van der Waals surface area contributed by atoms with Crippen LogP contribution in [0, 0.1) is 36.0 Å². The van der Waals surface area contributed by atoms with E-state index in [0.29, 0.717) is 45.4 Å². The van der Waals surface area contributed by atoms with Gasteiger partial charge in [0.1, 0.15) is 11.2 Å². The molecule has 1 spiro atoms. The summed E-state index contributed by atoms with van der Waals surface area (Å²) in [4.78, 5) is 28.8. The van der Waals surface area contributed by atoms with E-state index in [0.717, 1.165) is 23.4 Å². The number of hydrogen-bond donors (Lipinski definition) is 0. The van der Waals surface area contributed by atoms with Crippen LogP contribution in [-0.2, 0) is 16.1 Å². The molecule has 2 amide bonds. The van der Waals surface area contributed by atoms with Gasteiger partial charge < -0.3 is 14.3 Å². The van der Waals surface area contributed by atoms with Crippen LogP contribution >= 0.6 is 0 Å². The number of aromatic nitrogens is 1. The summed E-state index contributed by atoms with van der Waals surface area (Å²) in [6.45, 7) is 6.14. The Bertz CT molecular complexity index is 769. The van der Waals surface area contributed by atoms with Crippen LogP contribution < -0.4 is 0 Å². The number of hydrogen-bond acceptors (Lipinski definition) is 5. The van der Waals surface area contributed by atoms with Gasteiger partial charge in [-0.2, -0.15) is 5.26 Å². The number of carbonyl (C=O) groups is 2. The van der Waals surface area contributed by atoms with Gasteiger partial charge in [0.25, 0.3) is 0 Å². The zero-order valence-corrected chi connectivity index (χ0v) is 14.7. The molecular formula is C18H22N4O3. The lowest BCUT2D eigenvalue weighted by Gasteiger charge is -2.25. The fourth-order valence-electron chi connectivity index (χ4n) is 4.23. The van der Waals surface area contributed by atoms with Gasteiger partial charge in [-0.3, -0.25) is 9.59 Å². The Morgan fingerprint density at radius 2 is 2.08 bits per heavy atom. The van der Waals surface area contributed by atoms with Crippen LogP contribution in [0.25, 0.3) is 0 Å². The topological polar surface area (TPSA) is 90.4 Å². The van der Waals surface area contributed by atoms with E-state index in [1.54, 1.807) is 0 Å². The molecule has 1 aromatic rings. The zero-order valence-electron chi connectivity index (χ0n) is 14.7. The first kappa shape index (κ1) is 16.1. The van der Waals surface area contributed by atoms with Crippen molar-refractivity contribution in [2.24, 2.45) is 10.8 Å². The first-order chi connectivity index (χ1) is 11.9. The van der Waals surface area contributed by atoms with E-state index in [9.17, 15) is 14.9 Å². The van der Waals surface area contributed by atoms with Crippen LogP contribution in [0.4, 0.5) is 0 Å². The van der Waals surface area contributed by atoms with Crippen molar-refractivity contribution in [3.63, 3.8) is 0 Å². The summed E-state index contributed by atoms with van der Waals surface area (Å²) in [6.07, 6.45) is 2.63. The molecule has 3 fully saturated rings. The molecule has 2 aliphatic heterocycles. The van der Waals surface area contributed by atoms with E-state index >= 15 is 0 Å². The largest absolute Gasteiger partial charge is 0.361 e. The van der Waals surface area contributed by atoms with Crippen molar-refractivity contribution in [2.45, 2.75) is 46.1 Å². The molecule has 7 heteroatoms. The van der Waals surface area contributed by atoms with Crippen LogP contribution in [0.3, 0.4) is 0 Å². The zero-order chi connectivity index (χ0) is 17.8. The molecule has 2 saturated heterocycles. The summed E-state index contributed by atoms with van der Waals surface area (Å²) in [5, 5.41) is 13.2. The Kier molecular flexibility index (Phi) is 3.43. The molecule has 1 aromatic heterocycles. The van der Waals surface area contributed by atoms with Gasteiger partial charge in [0.2, 0.25) is 11.8 Å². The number of carbonyl (C=O) groups excluding carboxylic acids is 2. The summed E-state index contributed by atoms with van der Waals surface area (Å²) >= 11 is 0. The standard InChI is InChI=1S/C18H22N4O3/c1-12-14(13(2)25-20-12)8-22-11-17(7-15(22)23)5-6-21(10-17)16(24)18(9-19)3-4-18/h3-8,10-11H2,1-2H3. The number of nitriles is 1. The molecule has 7 nitrogen and oxygen atoms in total. The SMILES string of the molecule is Cc1noc(C)c1CN1CC2(CCN(C(=O)C3(C#N)CC3)C2)CC1=O. The Morgan fingerprint density at radius 1 is 1.32 bits per heavy atom. The molecule has 0 aromatic carbocycles.